The van der Waals surface area contributed by atoms with Crippen LogP contribution in [0.3, 0.4) is 0 Å². The summed E-state index contributed by atoms with van der Waals surface area (Å²) in [6.07, 6.45) is 10.5. The van der Waals surface area contributed by atoms with Gasteiger partial charge < -0.3 is 9.88 Å². The normalized spacial score (nSPS) is 20.8. The Balaban J connectivity index is 1.28. The maximum Gasteiger partial charge on any atom is 0.280 e. The number of nitrogens with one attached hydrogen (secondary N) is 1. The molecule has 200 valence electrons. The Morgan fingerprint density at radius 2 is 1.89 bits per heavy atom. The molecule has 5 heterocycles. The van der Waals surface area contributed by atoms with Gasteiger partial charge in [0.25, 0.3) is 12.3 Å². The van der Waals surface area contributed by atoms with Crippen molar-refractivity contribution < 1.29 is 13.6 Å². The monoisotopic (exact) mass is 541 g/mol. The first-order valence-corrected chi connectivity index (χ1v) is 13.9. The van der Waals surface area contributed by atoms with Crippen LogP contribution in [-0.2, 0) is 6.54 Å². The van der Waals surface area contributed by atoms with E-state index in [1.807, 2.05) is 6.07 Å². The number of pyridine rings is 1. The lowest BCUT2D eigenvalue weighted by Gasteiger charge is -2.33. The second-order valence-corrected chi connectivity index (χ2v) is 11.0. The summed E-state index contributed by atoms with van der Waals surface area (Å²) in [4.78, 5) is 30.0. The van der Waals surface area contributed by atoms with Gasteiger partial charge in [0.05, 0.1) is 35.5 Å². The molecule has 2 aliphatic rings. The molecular formula is C25H29F2N9OS. The van der Waals surface area contributed by atoms with Gasteiger partial charge in [-0.1, -0.05) is 6.42 Å². The summed E-state index contributed by atoms with van der Waals surface area (Å²) in [7, 11) is 0. The van der Waals surface area contributed by atoms with Gasteiger partial charge >= 0.3 is 0 Å². The number of nitrogens with zero attached hydrogens (tertiary/aromatic N) is 8. The zero-order valence-corrected chi connectivity index (χ0v) is 21.7. The third-order valence-corrected chi connectivity index (χ3v) is 8.36. The Morgan fingerprint density at radius 3 is 2.66 bits per heavy atom. The number of thiazole rings is 1. The summed E-state index contributed by atoms with van der Waals surface area (Å²) in [5.74, 6) is 1.22. The van der Waals surface area contributed by atoms with E-state index >= 15 is 0 Å². The van der Waals surface area contributed by atoms with E-state index in [-0.39, 0.29) is 22.0 Å². The molecule has 1 saturated heterocycles. The molecule has 10 nitrogen and oxygen atoms in total. The number of fused-ring (bicyclic) bond motifs is 1. The van der Waals surface area contributed by atoms with Gasteiger partial charge in [-0.2, -0.15) is 10.2 Å². The summed E-state index contributed by atoms with van der Waals surface area (Å²) in [6.45, 7) is 2.87. The number of hydrogen-bond acceptors (Lipinski definition) is 8. The van der Waals surface area contributed by atoms with Crippen molar-refractivity contribution in [3.63, 3.8) is 0 Å². The Labute approximate surface area is 222 Å². The summed E-state index contributed by atoms with van der Waals surface area (Å²) in [6, 6.07) is 2.01. The maximum atomic E-state index is 13.0. The topological polar surface area (TPSA) is 107 Å². The van der Waals surface area contributed by atoms with E-state index < -0.39 is 12.3 Å². The molecule has 1 amide bonds. The molecule has 1 aliphatic heterocycles. The van der Waals surface area contributed by atoms with Crippen molar-refractivity contribution in [2.24, 2.45) is 0 Å². The van der Waals surface area contributed by atoms with Crippen LogP contribution in [0.5, 0.6) is 0 Å². The van der Waals surface area contributed by atoms with E-state index in [2.05, 4.69) is 34.9 Å². The van der Waals surface area contributed by atoms with Gasteiger partial charge in [-0.15, -0.1) is 16.1 Å². The number of carbonyl (C=O) groups excluding carboxylic acids is 1. The van der Waals surface area contributed by atoms with Gasteiger partial charge in [-0.25, -0.2) is 23.7 Å². The van der Waals surface area contributed by atoms with E-state index in [4.69, 9.17) is 4.98 Å². The third kappa shape index (κ3) is 5.17. The zero-order valence-electron chi connectivity index (χ0n) is 20.8. The lowest BCUT2D eigenvalue weighted by molar-refractivity contribution is 0.0920. The lowest BCUT2D eigenvalue weighted by atomic mass is 9.90. The number of hydrogen-bond donors (Lipinski definition) is 1. The Bertz CT molecular complexity index is 1400. The SMILES string of the molecule is O=C(N[C@H]1CCC[C@@H](n2c(CN3CCCCC3)nc3cnc(-n4nccn4)cc32)C1)c1ncc(C(F)F)s1. The molecule has 0 unspecified atom stereocenters. The van der Waals surface area contributed by atoms with Crippen molar-refractivity contribution in [1.29, 1.82) is 0 Å². The first-order valence-electron chi connectivity index (χ1n) is 13.1. The third-order valence-electron chi connectivity index (χ3n) is 7.35. The second kappa shape index (κ2) is 10.8. The fourth-order valence-electron chi connectivity index (χ4n) is 5.59. The Hall–Kier alpha value is -3.32. The van der Waals surface area contributed by atoms with E-state index in [9.17, 15) is 13.6 Å². The number of amides is 1. The van der Waals surface area contributed by atoms with Crippen LogP contribution in [0, 0.1) is 0 Å². The fourth-order valence-corrected chi connectivity index (χ4v) is 6.26. The minimum Gasteiger partial charge on any atom is -0.347 e. The van der Waals surface area contributed by atoms with Gasteiger partial charge in [0, 0.05) is 24.3 Å². The molecule has 4 aromatic rings. The predicted octanol–water partition coefficient (Wildman–Crippen LogP) is 4.31. The quantitative estimate of drug-likeness (QED) is 0.372. The fraction of sp³-hybridized carbons (Fsp3) is 0.520. The van der Waals surface area contributed by atoms with Crippen molar-refractivity contribution in [2.75, 3.05) is 13.1 Å². The highest BCUT2D eigenvalue weighted by Gasteiger charge is 2.29. The number of rotatable bonds is 7. The van der Waals surface area contributed by atoms with Gasteiger partial charge in [-0.05, 0) is 51.6 Å². The number of imidazole rings is 1. The number of halogens is 2. The zero-order chi connectivity index (χ0) is 26.1. The van der Waals surface area contributed by atoms with E-state index in [0.29, 0.717) is 5.82 Å². The highest BCUT2D eigenvalue weighted by molar-refractivity contribution is 7.13. The molecule has 2 fully saturated rings. The van der Waals surface area contributed by atoms with Crippen LogP contribution >= 0.6 is 11.3 Å². The van der Waals surface area contributed by atoms with Crippen LogP contribution in [-0.4, -0.2) is 64.5 Å². The predicted molar refractivity (Wildman–Crippen MR) is 137 cm³/mol. The Morgan fingerprint density at radius 1 is 1.08 bits per heavy atom. The number of carbonyl (C=O) groups is 1. The number of piperidine rings is 1. The molecule has 0 radical (unpaired) electrons. The number of alkyl halides is 2. The van der Waals surface area contributed by atoms with Gasteiger partial charge in [0.15, 0.2) is 10.8 Å². The van der Waals surface area contributed by atoms with Crippen molar-refractivity contribution in [2.45, 2.75) is 70.0 Å². The average molecular weight is 542 g/mol. The average Bonchev–Trinajstić information content (AvgIpc) is 3.69. The van der Waals surface area contributed by atoms with E-state index in [1.54, 1.807) is 18.6 Å². The molecule has 13 heteroatoms. The first kappa shape index (κ1) is 25.0. The first-order chi connectivity index (χ1) is 18.5. The largest absolute Gasteiger partial charge is 0.347 e. The molecule has 6 rings (SSSR count). The second-order valence-electron chi connectivity index (χ2n) is 9.94. The smallest absolute Gasteiger partial charge is 0.280 e. The number of likely N-dealkylation sites (tertiary alicyclic amines) is 1. The lowest BCUT2D eigenvalue weighted by Crippen LogP contribution is -2.39. The van der Waals surface area contributed by atoms with Crippen LogP contribution in [0.1, 0.15) is 77.9 Å². The maximum absolute atomic E-state index is 13.0. The van der Waals surface area contributed by atoms with Crippen molar-refractivity contribution in [1.82, 2.24) is 44.7 Å². The molecular weight excluding hydrogens is 512 g/mol. The minimum absolute atomic E-state index is 0.0729. The van der Waals surface area contributed by atoms with Crippen LogP contribution in [0.25, 0.3) is 16.9 Å². The summed E-state index contributed by atoms with van der Waals surface area (Å²) in [5, 5.41) is 11.6. The summed E-state index contributed by atoms with van der Waals surface area (Å²) < 4.78 is 28.3. The highest BCUT2D eigenvalue weighted by Crippen LogP contribution is 2.34. The van der Waals surface area contributed by atoms with Gasteiger partial charge in [-0.3, -0.25) is 9.69 Å². The van der Waals surface area contributed by atoms with Crippen LogP contribution < -0.4 is 5.32 Å². The van der Waals surface area contributed by atoms with Crippen molar-refractivity contribution >= 4 is 28.3 Å². The standard InChI is InChI=1S/C25H29F2N9OS/c26-23(27)20-14-29-25(38-20)24(37)32-16-5-4-6-17(11-16)35-19-12-21(36-30-7-8-31-36)28-13-18(19)33-22(35)15-34-9-2-1-3-10-34/h7-8,12-14,16-17,23H,1-6,9-11,15H2,(H,32,37)/t16-,17+/m0/s1. The molecule has 38 heavy (non-hydrogen) atoms. The van der Waals surface area contributed by atoms with Crippen LogP contribution in [0.4, 0.5) is 8.78 Å². The van der Waals surface area contributed by atoms with E-state index in [1.165, 1.54) is 24.1 Å². The molecule has 0 aromatic carbocycles. The summed E-state index contributed by atoms with van der Waals surface area (Å²) >= 11 is 0.745. The van der Waals surface area contributed by atoms with E-state index in [0.717, 1.165) is 79.7 Å². The van der Waals surface area contributed by atoms with Crippen molar-refractivity contribution in [3.8, 4) is 5.82 Å². The molecule has 4 aromatic heterocycles. The van der Waals surface area contributed by atoms with Gasteiger partial charge in [0.1, 0.15) is 11.3 Å². The van der Waals surface area contributed by atoms with Crippen LogP contribution in [0.15, 0.2) is 30.9 Å². The minimum atomic E-state index is -2.63. The van der Waals surface area contributed by atoms with Crippen LogP contribution in [0.2, 0.25) is 0 Å². The molecule has 0 spiro atoms. The van der Waals surface area contributed by atoms with Gasteiger partial charge in [0.2, 0.25) is 0 Å². The molecule has 1 aliphatic carbocycles. The Kier molecular flexibility index (Phi) is 7.11. The molecule has 2 atom stereocenters. The molecule has 1 saturated carbocycles. The molecule has 0 bridgehead atoms. The number of aromatic nitrogens is 7. The molecule has 1 N–H and O–H groups in total. The highest BCUT2D eigenvalue weighted by atomic mass is 32.1. The summed E-state index contributed by atoms with van der Waals surface area (Å²) in [5.41, 5.74) is 1.79. The van der Waals surface area contributed by atoms with Crippen molar-refractivity contribution in [3.05, 3.63) is 46.6 Å².